The van der Waals surface area contributed by atoms with Crippen molar-refractivity contribution in [1.29, 1.82) is 0 Å². The number of amides is 2. The van der Waals surface area contributed by atoms with Gasteiger partial charge in [0.05, 0.1) is 18.8 Å². The third-order valence-electron chi connectivity index (χ3n) is 3.29. The fourth-order valence-electron chi connectivity index (χ4n) is 2.03. The first-order chi connectivity index (χ1) is 11.1. The van der Waals surface area contributed by atoms with Crippen LogP contribution < -0.4 is 5.32 Å². The summed E-state index contributed by atoms with van der Waals surface area (Å²) in [5.74, 6) is -0.421. The molecule has 0 aliphatic rings. The average Bonchev–Trinajstić information content (AvgIpc) is 2.55. The van der Waals surface area contributed by atoms with Crippen molar-refractivity contribution in [3.05, 3.63) is 64.9 Å². The van der Waals surface area contributed by atoms with E-state index in [1.165, 1.54) is 11.8 Å². The summed E-state index contributed by atoms with van der Waals surface area (Å²) in [4.78, 5) is 29.4. The molecule has 5 nitrogen and oxygen atoms in total. The second-order valence-electron chi connectivity index (χ2n) is 5.06. The molecule has 1 aromatic carbocycles. The molecule has 0 aliphatic carbocycles. The molecular formula is C17H18ClN3O2. The average molecular weight is 332 g/mol. The Morgan fingerprint density at radius 1 is 1.17 bits per heavy atom. The highest BCUT2D eigenvalue weighted by atomic mass is 35.5. The summed E-state index contributed by atoms with van der Waals surface area (Å²) in [5.41, 5.74) is 1.57. The van der Waals surface area contributed by atoms with Crippen LogP contribution in [0.15, 0.2) is 48.7 Å². The Bertz CT molecular complexity index is 677. The Balaban J connectivity index is 1.92. The lowest BCUT2D eigenvalue weighted by Crippen LogP contribution is -2.39. The van der Waals surface area contributed by atoms with Crippen molar-refractivity contribution in [2.45, 2.75) is 20.0 Å². The van der Waals surface area contributed by atoms with E-state index in [-0.39, 0.29) is 18.4 Å². The van der Waals surface area contributed by atoms with Crippen LogP contribution >= 0.6 is 11.6 Å². The molecule has 0 radical (unpaired) electrons. The van der Waals surface area contributed by atoms with Crippen molar-refractivity contribution < 1.29 is 9.59 Å². The van der Waals surface area contributed by atoms with E-state index in [9.17, 15) is 9.59 Å². The molecule has 0 aliphatic heterocycles. The molecule has 1 N–H and O–H groups in total. The van der Waals surface area contributed by atoms with E-state index in [0.29, 0.717) is 18.1 Å². The Hall–Kier alpha value is -2.40. The number of benzene rings is 1. The highest BCUT2D eigenvalue weighted by molar-refractivity contribution is 6.31. The summed E-state index contributed by atoms with van der Waals surface area (Å²) in [6.07, 6.45) is 1.67. The smallest absolute Gasteiger partial charge is 0.239 e. The maximum absolute atomic E-state index is 12.0. The summed E-state index contributed by atoms with van der Waals surface area (Å²) < 4.78 is 0. The molecule has 0 fully saturated rings. The molecule has 2 aromatic rings. The molecule has 120 valence electrons. The van der Waals surface area contributed by atoms with Gasteiger partial charge in [0.1, 0.15) is 0 Å². The minimum Gasteiger partial charge on any atom is -0.349 e. The van der Waals surface area contributed by atoms with Gasteiger partial charge in [0.15, 0.2) is 0 Å². The molecule has 0 spiro atoms. The zero-order chi connectivity index (χ0) is 16.7. The predicted octanol–water partition coefficient (Wildman–Crippen LogP) is 2.40. The first kappa shape index (κ1) is 17.0. The van der Waals surface area contributed by atoms with Crippen LogP contribution in [-0.2, 0) is 22.7 Å². The van der Waals surface area contributed by atoms with Gasteiger partial charge in [-0.05, 0) is 23.8 Å². The second-order valence-corrected chi connectivity index (χ2v) is 5.47. The normalized spacial score (nSPS) is 10.2. The van der Waals surface area contributed by atoms with Gasteiger partial charge in [-0.3, -0.25) is 14.6 Å². The van der Waals surface area contributed by atoms with Crippen molar-refractivity contribution in [2.24, 2.45) is 0 Å². The van der Waals surface area contributed by atoms with Crippen LogP contribution in [0.2, 0.25) is 5.02 Å². The minimum atomic E-state index is -0.238. The van der Waals surface area contributed by atoms with Crippen LogP contribution in [0.5, 0.6) is 0 Å². The molecule has 2 rings (SSSR count). The largest absolute Gasteiger partial charge is 0.349 e. The van der Waals surface area contributed by atoms with Crippen molar-refractivity contribution in [2.75, 3.05) is 6.54 Å². The molecular weight excluding hydrogens is 314 g/mol. The third-order valence-corrected chi connectivity index (χ3v) is 3.66. The zero-order valence-electron chi connectivity index (χ0n) is 12.8. The van der Waals surface area contributed by atoms with Gasteiger partial charge in [-0.25, -0.2) is 0 Å². The number of pyridine rings is 1. The van der Waals surface area contributed by atoms with Crippen LogP contribution in [-0.4, -0.2) is 28.2 Å². The van der Waals surface area contributed by atoms with Crippen LogP contribution in [0.3, 0.4) is 0 Å². The molecule has 0 bridgehead atoms. The van der Waals surface area contributed by atoms with Crippen LogP contribution in [0, 0.1) is 0 Å². The predicted molar refractivity (Wildman–Crippen MR) is 88.6 cm³/mol. The Labute approximate surface area is 140 Å². The third kappa shape index (κ3) is 5.38. The van der Waals surface area contributed by atoms with E-state index in [1.807, 2.05) is 36.4 Å². The van der Waals surface area contributed by atoms with Gasteiger partial charge in [0, 0.05) is 24.7 Å². The molecule has 2 amide bonds. The SMILES string of the molecule is CC(=O)N(CC(=O)NCc1ccccn1)Cc1ccccc1Cl. The highest BCUT2D eigenvalue weighted by Gasteiger charge is 2.15. The molecule has 0 unspecified atom stereocenters. The molecule has 6 heteroatoms. The first-order valence-corrected chi connectivity index (χ1v) is 7.59. The van der Waals surface area contributed by atoms with E-state index in [2.05, 4.69) is 10.3 Å². The van der Waals surface area contributed by atoms with Gasteiger partial charge in [-0.1, -0.05) is 35.9 Å². The summed E-state index contributed by atoms with van der Waals surface area (Å²) in [7, 11) is 0. The van der Waals surface area contributed by atoms with E-state index >= 15 is 0 Å². The fraction of sp³-hybridized carbons (Fsp3) is 0.235. The van der Waals surface area contributed by atoms with E-state index < -0.39 is 0 Å². The van der Waals surface area contributed by atoms with Gasteiger partial charge in [-0.15, -0.1) is 0 Å². The number of carbonyl (C=O) groups excluding carboxylic acids is 2. The van der Waals surface area contributed by atoms with E-state index in [4.69, 9.17) is 11.6 Å². The number of hydrogen-bond donors (Lipinski definition) is 1. The lowest BCUT2D eigenvalue weighted by molar-refractivity contribution is -0.135. The van der Waals surface area contributed by atoms with Crippen LogP contribution in [0.25, 0.3) is 0 Å². The Kier molecular flexibility index (Phi) is 6.11. The van der Waals surface area contributed by atoms with Gasteiger partial charge in [0.2, 0.25) is 11.8 Å². The number of carbonyl (C=O) groups is 2. The number of nitrogens with zero attached hydrogens (tertiary/aromatic N) is 2. The lowest BCUT2D eigenvalue weighted by Gasteiger charge is -2.21. The second kappa shape index (κ2) is 8.29. The Morgan fingerprint density at radius 3 is 2.57 bits per heavy atom. The summed E-state index contributed by atoms with van der Waals surface area (Å²) in [6.45, 7) is 2.04. The number of aromatic nitrogens is 1. The number of halogens is 1. The molecule has 1 aromatic heterocycles. The van der Waals surface area contributed by atoms with E-state index in [0.717, 1.165) is 11.3 Å². The molecule has 0 saturated carbocycles. The molecule has 0 atom stereocenters. The minimum absolute atomic E-state index is 0.0204. The van der Waals surface area contributed by atoms with E-state index in [1.54, 1.807) is 12.3 Å². The number of rotatable bonds is 6. The van der Waals surface area contributed by atoms with Crippen molar-refractivity contribution in [1.82, 2.24) is 15.2 Å². The lowest BCUT2D eigenvalue weighted by atomic mass is 10.2. The maximum atomic E-state index is 12.0. The van der Waals surface area contributed by atoms with Crippen molar-refractivity contribution >= 4 is 23.4 Å². The summed E-state index contributed by atoms with van der Waals surface area (Å²) >= 11 is 6.10. The summed E-state index contributed by atoms with van der Waals surface area (Å²) in [5, 5.41) is 3.33. The van der Waals surface area contributed by atoms with Crippen LogP contribution in [0.4, 0.5) is 0 Å². The fourth-order valence-corrected chi connectivity index (χ4v) is 2.23. The van der Waals surface area contributed by atoms with Crippen molar-refractivity contribution in [3.63, 3.8) is 0 Å². The van der Waals surface area contributed by atoms with Crippen molar-refractivity contribution in [3.8, 4) is 0 Å². The van der Waals surface area contributed by atoms with Gasteiger partial charge in [-0.2, -0.15) is 0 Å². The van der Waals surface area contributed by atoms with Crippen LogP contribution in [0.1, 0.15) is 18.2 Å². The quantitative estimate of drug-likeness (QED) is 0.884. The number of hydrogen-bond acceptors (Lipinski definition) is 3. The first-order valence-electron chi connectivity index (χ1n) is 7.22. The summed E-state index contributed by atoms with van der Waals surface area (Å²) in [6, 6.07) is 12.8. The standard InChI is InChI=1S/C17H18ClN3O2/c1-13(22)21(11-14-6-2-3-8-16(14)18)12-17(23)20-10-15-7-4-5-9-19-15/h2-9H,10-12H2,1H3,(H,20,23). The zero-order valence-corrected chi connectivity index (χ0v) is 13.6. The van der Waals surface area contributed by atoms with Gasteiger partial charge < -0.3 is 10.2 Å². The highest BCUT2D eigenvalue weighted by Crippen LogP contribution is 2.17. The monoisotopic (exact) mass is 331 g/mol. The van der Waals surface area contributed by atoms with Gasteiger partial charge in [0.25, 0.3) is 0 Å². The molecule has 0 saturated heterocycles. The molecule has 23 heavy (non-hydrogen) atoms. The topological polar surface area (TPSA) is 62.3 Å². The van der Waals surface area contributed by atoms with Gasteiger partial charge >= 0.3 is 0 Å². The number of nitrogens with one attached hydrogen (secondary N) is 1. The molecule has 1 heterocycles. The Morgan fingerprint density at radius 2 is 1.91 bits per heavy atom. The maximum Gasteiger partial charge on any atom is 0.239 e.